The Bertz CT molecular complexity index is 578. The van der Waals surface area contributed by atoms with E-state index in [-0.39, 0.29) is 22.4 Å². The minimum atomic E-state index is -3.92. The highest BCUT2D eigenvalue weighted by Gasteiger charge is 2.22. The van der Waals surface area contributed by atoms with Crippen molar-refractivity contribution in [1.29, 1.82) is 0 Å². The van der Waals surface area contributed by atoms with Gasteiger partial charge in [-0.1, -0.05) is 30.1 Å². The van der Waals surface area contributed by atoms with Gasteiger partial charge in [0.05, 0.1) is 16.1 Å². The summed E-state index contributed by atoms with van der Waals surface area (Å²) in [6.45, 7) is 3.53. The maximum atomic E-state index is 13.5. The Morgan fingerprint density at radius 2 is 1.95 bits per heavy atom. The van der Waals surface area contributed by atoms with Crippen molar-refractivity contribution in [2.24, 2.45) is 5.92 Å². The van der Waals surface area contributed by atoms with Crippen LogP contribution in [-0.2, 0) is 10.0 Å². The van der Waals surface area contributed by atoms with Crippen molar-refractivity contribution in [1.82, 2.24) is 4.72 Å². The maximum absolute atomic E-state index is 13.5. The van der Waals surface area contributed by atoms with E-state index < -0.39 is 27.0 Å². The van der Waals surface area contributed by atoms with Gasteiger partial charge in [-0.25, -0.2) is 17.5 Å². The van der Waals surface area contributed by atoms with Gasteiger partial charge in [-0.3, -0.25) is 0 Å². The van der Waals surface area contributed by atoms with E-state index in [1.54, 1.807) is 13.8 Å². The molecule has 0 bridgehead atoms. The number of hydrogen-bond acceptors (Lipinski definition) is 3. The van der Waals surface area contributed by atoms with Crippen LogP contribution in [0, 0.1) is 11.7 Å². The third kappa shape index (κ3) is 4.56. The molecule has 4 nitrogen and oxygen atoms in total. The van der Waals surface area contributed by atoms with Crippen LogP contribution in [0.25, 0.3) is 0 Å². The minimum Gasteiger partial charge on any atom is -0.393 e. The Kier molecular flexibility index (Phi) is 6.22. The molecule has 1 aromatic carbocycles. The smallest absolute Gasteiger partial charge is 0.242 e. The SMILES string of the molecule is C[C@@H](CNS(=O)(=O)c1ccc(Cl)c(F)c1Cl)C[C@@H](C)O. The first-order valence-electron chi connectivity index (χ1n) is 5.96. The Morgan fingerprint density at radius 1 is 1.35 bits per heavy atom. The first kappa shape index (κ1) is 17.7. The summed E-state index contributed by atoms with van der Waals surface area (Å²) in [7, 11) is -3.92. The van der Waals surface area contributed by atoms with Crippen molar-refractivity contribution in [3.8, 4) is 0 Å². The summed E-state index contributed by atoms with van der Waals surface area (Å²) in [6.07, 6.45) is -0.0725. The Labute approximate surface area is 127 Å². The largest absolute Gasteiger partial charge is 0.393 e. The molecular formula is C12H16Cl2FNO3S. The normalized spacial score (nSPS) is 15.1. The number of hydrogen-bond donors (Lipinski definition) is 2. The summed E-state index contributed by atoms with van der Waals surface area (Å²) in [4.78, 5) is -0.356. The van der Waals surface area contributed by atoms with Crippen LogP contribution in [0.1, 0.15) is 20.3 Å². The minimum absolute atomic E-state index is 0.0688. The van der Waals surface area contributed by atoms with Crippen LogP contribution in [0.4, 0.5) is 4.39 Å². The number of benzene rings is 1. The summed E-state index contributed by atoms with van der Waals surface area (Å²) in [5.74, 6) is -1.03. The Balaban J connectivity index is 2.87. The fourth-order valence-electron chi connectivity index (χ4n) is 1.71. The summed E-state index contributed by atoms with van der Waals surface area (Å²) in [5.41, 5.74) is 0. The number of aliphatic hydroxyl groups is 1. The van der Waals surface area contributed by atoms with E-state index in [1.807, 2.05) is 0 Å². The number of sulfonamides is 1. The second-order valence-electron chi connectivity index (χ2n) is 4.72. The van der Waals surface area contributed by atoms with Crippen LogP contribution >= 0.6 is 23.2 Å². The van der Waals surface area contributed by atoms with Crippen molar-refractivity contribution >= 4 is 33.2 Å². The van der Waals surface area contributed by atoms with Crippen molar-refractivity contribution in [3.05, 3.63) is 28.0 Å². The molecule has 2 atom stereocenters. The quantitative estimate of drug-likeness (QED) is 0.780. The number of rotatable bonds is 6. The Morgan fingerprint density at radius 3 is 2.50 bits per heavy atom. The van der Waals surface area contributed by atoms with Crippen LogP contribution < -0.4 is 4.72 Å². The van der Waals surface area contributed by atoms with Gasteiger partial charge in [0.2, 0.25) is 10.0 Å². The third-order valence-electron chi connectivity index (χ3n) is 2.65. The zero-order chi connectivity index (χ0) is 15.5. The van der Waals surface area contributed by atoms with Crippen LogP contribution in [-0.4, -0.2) is 26.2 Å². The van der Waals surface area contributed by atoms with E-state index in [0.717, 1.165) is 12.1 Å². The topological polar surface area (TPSA) is 66.4 Å². The lowest BCUT2D eigenvalue weighted by atomic mass is 10.1. The lowest BCUT2D eigenvalue weighted by Crippen LogP contribution is -2.30. The van der Waals surface area contributed by atoms with Crippen LogP contribution in [0.15, 0.2) is 17.0 Å². The third-order valence-corrected chi connectivity index (χ3v) is 4.89. The molecule has 0 unspecified atom stereocenters. The number of halogens is 3. The number of nitrogens with one attached hydrogen (secondary N) is 1. The van der Waals surface area contributed by atoms with Gasteiger partial charge in [0.15, 0.2) is 5.82 Å². The van der Waals surface area contributed by atoms with Crippen LogP contribution in [0.2, 0.25) is 10.0 Å². The fourth-order valence-corrected chi connectivity index (χ4v) is 3.62. The van der Waals surface area contributed by atoms with Crippen molar-refractivity contribution in [2.45, 2.75) is 31.3 Å². The van der Waals surface area contributed by atoms with Gasteiger partial charge in [0.1, 0.15) is 4.90 Å². The monoisotopic (exact) mass is 343 g/mol. The van der Waals surface area contributed by atoms with Gasteiger partial charge >= 0.3 is 0 Å². The molecule has 0 saturated heterocycles. The average molecular weight is 344 g/mol. The Hall–Kier alpha value is -0.400. The first-order chi connectivity index (χ1) is 9.15. The highest BCUT2D eigenvalue weighted by molar-refractivity contribution is 7.89. The second-order valence-corrected chi connectivity index (χ2v) is 7.24. The molecule has 1 rings (SSSR count). The zero-order valence-electron chi connectivity index (χ0n) is 11.0. The number of aliphatic hydroxyl groups excluding tert-OH is 1. The van der Waals surface area contributed by atoms with Crippen LogP contribution in [0.5, 0.6) is 0 Å². The van der Waals surface area contributed by atoms with Crippen molar-refractivity contribution in [2.75, 3.05) is 6.54 Å². The molecule has 0 spiro atoms. The van der Waals surface area contributed by atoms with Crippen molar-refractivity contribution < 1.29 is 17.9 Å². The van der Waals surface area contributed by atoms with E-state index in [2.05, 4.69) is 4.72 Å². The molecule has 0 radical (unpaired) electrons. The van der Waals surface area contributed by atoms with Crippen molar-refractivity contribution in [3.63, 3.8) is 0 Å². The van der Waals surface area contributed by atoms with E-state index in [0.29, 0.717) is 6.42 Å². The van der Waals surface area contributed by atoms with Gasteiger partial charge < -0.3 is 5.11 Å². The molecule has 0 aliphatic rings. The van der Waals surface area contributed by atoms with Gasteiger partial charge in [0, 0.05) is 6.54 Å². The molecule has 0 heterocycles. The van der Waals surface area contributed by atoms with E-state index >= 15 is 0 Å². The molecule has 0 aliphatic carbocycles. The highest BCUT2D eigenvalue weighted by Crippen LogP contribution is 2.29. The molecule has 2 N–H and O–H groups in total. The van der Waals surface area contributed by atoms with Crippen LogP contribution in [0.3, 0.4) is 0 Å². The summed E-state index contributed by atoms with van der Waals surface area (Å²) < 4.78 is 39.9. The molecule has 1 aromatic rings. The maximum Gasteiger partial charge on any atom is 0.242 e. The molecular weight excluding hydrogens is 328 g/mol. The van der Waals surface area contributed by atoms with Gasteiger partial charge in [0.25, 0.3) is 0 Å². The standard InChI is InChI=1S/C12H16Cl2FNO3S/c1-7(5-8(2)17)6-16-20(18,19)10-4-3-9(13)12(15)11(10)14/h3-4,7-8,16-17H,5-6H2,1-2H3/t7-,8-/m1/s1. The lowest BCUT2D eigenvalue weighted by molar-refractivity contribution is 0.165. The molecule has 0 fully saturated rings. The van der Waals surface area contributed by atoms with E-state index in [1.165, 1.54) is 0 Å². The van der Waals surface area contributed by atoms with E-state index in [9.17, 15) is 17.9 Å². The molecule has 0 aliphatic heterocycles. The molecule has 0 saturated carbocycles. The predicted molar refractivity (Wildman–Crippen MR) is 77.1 cm³/mol. The highest BCUT2D eigenvalue weighted by atomic mass is 35.5. The van der Waals surface area contributed by atoms with Gasteiger partial charge in [-0.05, 0) is 31.4 Å². The summed E-state index contributed by atoms with van der Waals surface area (Å²) in [6, 6.07) is 2.28. The first-order valence-corrected chi connectivity index (χ1v) is 8.20. The summed E-state index contributed by atoms with van der Waals surface area (Å²) >= 11 is 11.2. The fraction of sp³-hybridized carbons (Fsp3) is 0.500. The molecule has 114 valence electrons. The van der Waals surface area contributed by atoms with Gasteiger partial charge in [-0.15, -0.1) is 0 Å². The van der Waals surface area contributed by atoms with Gasteiger partial charge in [-0.2, -0.15) is 0 Å². The molecule has 8 heteroatoms. The second kappa shape index (κ2) is 7.04. The predicted octanol–water partition coefficient (Wildman–Crippen LogP) is 2.82. The zero-order valence-corrected chi connectivity index (χ0v) is 13.4. The molecule has 0 amide bonds. The van der Waals surface area contributed by atoms with E-state index in [4.69, 9.17) is 23.2 Å². The summed E-state index contributed by atoms with van der Waals surface area (Å²) in [5, 5.41) is 8.44. The molecule has 0 aromatic heterocycles. The molecule has 20 heavy (non-hydrogen) atoms. The average Bonchev–Trinajstić information content (AvgIpc) is 2.32. The lowest BCUT2D eigenvalue weighted by Gasteiger charge is -2.15.